The third-order valence-corrected chi connectivity index (χ3v) is 3.85. The number of amides is 1. The number of aryl methyl sites for hydroxylation is 2. The van der Waals surface area contributed by atoms with Crippen molar-refractivity contribution in [2.24, 2.45) is 0 Å². The molecule has 0 bridgehead atoms. The number of aromatic nitrogens is 3. The highest BCUT2D eigenvalue weighted by molar-refractivity contribution is 6.12. The monoisotopic (exact) mass is 334 g/mol. The lowest BCUT2D eigenvalue weighted by molar-refractivity contribution is 0.102. The first-order chi connectivity index (χ1) is 12.1. The van der Waals surface area contributed by atoms with Crippen LogP contribution in [-0.2, 0) is 0 Å². The highest BCUT2D eigenvalue weighted by Gasteiger charge is 2.18. The van der Waals surface area contributed by atoms with E-state index in [4.69, 9.17) is 9.05 Å². The third kappa shape index (κ3) is 2.76. The zero-order valence-corrected chi connectivity index (χ0v) is 13.6. The number of nitrogens with zero attached hydrogens (tertiary/aromatic N) is 3. The molecule has 7 heteroatoms. The first-order valence-electron chi connectivity index (χ1n) is 7.68. The zero-order chi connectivity index (χ0) is 17.4. The van der Waals surface area contributed by atoms with E-state index >= 15 is 0 Å². The molecular formula is C18H14N4O3. The van der Waals surface area contributed by atoms with Gasteiger partial charge in [0.05, 0.1) is 22.8 Å². The summed E-state index contributed by atoms with van der Waals surface area (Å²) in [6.45, 7) is 3.59. The average molecular weight is 334 g/mol. The van der Waals surface area contributed by atoms with Gasteiger partial charge in [0, 0.05) is 23.0 Å². The lowest BCUT2D eigenvalue weighted by Gasteiger charge is -2.07. The Morgan fingerprint density at radius 1 is 1.08 bits per heavy atom. The highest BCUT2D eigenvalue weighted by atomic mass is 16.5. The standard InChI is InChI=1S/C18H14N4O3/c1-10-9-14(16-11(2)22-25-18(16)20-10)17(23)21-13-5-3-12(4-6-13)15-7-8-19-24-15/h3-9H,1-2H3,(H,21,23). The molecule has 7 nitrogen and oxygen atoms in total. The molecule has 1 aromatic carbocycles. The summed E-state index contributed by atoms with van der Waals surface area (Å²) in [6, 6.07) is 10.8. The number of rotatable bonds is 3. The summed E-state index contributed by atoms with van der Waals surface area (Å²) in [5, 5.41) is 11.1. The van der Waals surface area contributed by atoms with Gasteiger partial charge in [0.2, 0.25) is 0 Å². The molecule has 0 radical (unpaired) electrons. The summed E-state index contributed by atoms with van der Waals surface area (Å²) in [7, 11) is 0. The van der Waals surface area contributed by atoms with Gasteiger partial charge in [-0.1, -0.05) is 10.3 Å². The van der Waals surface area contributed by atoms with Crippen molar-refractivity contribution in [3.05, 3.63) is 59.5 Å². The largest absolute Gasteiger partial charge is 0.356 e. The van der Waals surface area contributed by atoms with Crippen LogP contribution < -0.4 is 5.32 Å². The van der Waals surface area contributed by atoms with Gasteiger partial charge in [0.25, 0.3) is 11.6 Å². The van der Waals surface area contributed by atoms with Crippen molar-refractivity contribution in [1.82, 2.24) is 15.3 Å². The van der Waals surface area contributed by atoms with Crippen molar-refractivity contribution < 1.29 is 13.8 Å². The molecule has 0 atom stereocenters. The second kappa shape index (κ2) is 5.86. The molecule has 4 rings (SSSR count). The number of carbonyl (C=O) groups excluding carboxylic acids is 1. The Balaban J connectivity index is 1.63. The Morgan fingerprint density at radius 2 is 1.88 bits per heavy atom. The maximum Gasteiger partial charge on any atom is 0.258 e. The lowest BCUT2D eigenvalue weighted by Crippen LogP contribution is -2.13. The molecule has 0 aliphatic carbocycles. The summed E-state index contributed by atoms with van der Waals surface area (Å²) < 4.78 is 10.3. The Morgan fingerprint density at radius 3 is 2.60 bits per heavy atom. The Labute approximate surface area is 142 Å². The number of hydrogen-bond donors (Lipinski definition) is 1. The molecule has 0 saturated carbocycles. The summed E-state index contributed by atoms with van der Waals surface area (Å²) in [5.41, 5.74) is 3.73. The van der Waals surface area contributed by atoms with Gasteiger partial charge in [-0.15, -0.1) is 0 Å². The van der Waals surface area contributed by atoms with Crippen LogP contribution in [0.25, 0.3) is 22.4 Å². The first kappa shape index (κ1) is 15.1. The van der Waals surface area contributed by atoms with Crippen LogP contribution in [0.5, 0.6) is 0 Å². The molecule has 0 spiro atoms. The van der Waals surface area contributed by atoms with Gasteiger partial charge >= 0.3 is 0 Å². The molecule has 0 unspecified atom stereocenters. The van der Waals surface area contributed by atoms with Gasteiger partial charge in [-0.25, -0.2) is 4.98 Å². The normalized spacial score (nSPS) is 11.0. The van der Waals surface area contributed by atoms with Crippen LogP contribution >= 0.6 is 0 Å². The average Bonchev–Trinajstić information content (AvgIpc) is 3.25. The Kier molecular flexibility index (Phi) is 3.53. The molecule has 3 heterocycles. The van der Waals surface area contributed by atoms with Crippen LogP contribution in [0.4, 0.5) is 5.69 Å². The van der Waals surface area contributed by atoms with E-state index in [1.165, 1.54) is 0 Å². The summed E-state index contributed by atoms with van der Waals surface area (Å²) >= 11 is 0. The van der Waals surface area contributed by atoms with Crippen molar-refractivity contribution in [3.8, 4) is 11.3 Å². The van der Waals surface area contributed by atoms with E-state index in [0.29, 0.717) is 39.5 Å². The minimum Gasteiger partial charge on any atom is -0.356 e. The molecule has 1 N–H and O–H groups in total. The van der Waals surface area contributed by atoms with Crippen molar-refractivity contribution in [3.63, 3.8) is 0 Å². The highest BCUT2D eigenvalue weighted by Crippen LogP contribution is 2.24. The van der Waals surface area contributed by atoms with E-state index in [1.54, 1.807) is 32.2 Å². The fourth-order valence-corrected chi connectivity index (χ4v) is 2.68. The molecule has 0 aliphatic heterocycles. The van der Waals surface area contributed by atoms with Crippen LogP contribution in [0.3, 0.4) is 0 Å². The minimum atomic E-state index is -0.241. The maximum absolute atomic E-state index is 12.7. The number of anilines is 1. The smallest absolute Gasteiger partial charge is 0.258 e. The summed E-state index contributed by atoms with van der Waals surface area (Å²) in [4.78, 5) is 17.0. The van der Waals surface area contributed by atoms with E-state index in [0.717, 1.165) is 5.56 Å². The summed E-state index contributed by atoms with van der Waals surface area (Å²) in [5.74, 6) is 0.429. The predicted octanol–water partition coefficient (Wildman–Crippen LogP) is 3.75. The van der Waals surface area contributed by atoms with E-state index in [-0.39, 0.29) is 5.91 Å². The second-order valence-electron chi connectivity index (χ2n) is 5.67. The first-order valence-corrected chi connectivity index (χ1v) is 7.68. The van der Waals surface area contributed by atoms with Crippen LogP contribution in [-0.4, -0.2) is 21.2 Å². The second-order valence-corrected chi connectivity index (χ2v) is 5.67. The molecule has 4 aromatic rings. The zero-order valence-electron chi connectivity index (χ0n) is 13.6. The Bertz CT molecular complexity index is 1050. The van der Waals surface area contributed by atoms with Gasteiger partial charge < -0.3 is 14.4 Å². The molecule has 0 aliphatic rings. The van der Waals surface area contributed by atoms with Crippen LogP contribution in [0, 0.1) is 13.8 Å². The maximum atomic E-state index is 12.7. The van der Waals surface area contributed by atoms with Crippen molar-refractivity contribution in [2.75, 3.05) is 5.32 Å². The van der Waals surface area contributed by atoms with Crippen molar-refractivity contribution >= 4 is 22.7 Å². The number of hydrogen-bond acceptors (Lipinski definition) is 6. The number of nitrogens with one attached hydrogen (secondary N) is 1. The third-order valence-electron chi connectivity index (χ3n) is 3.85. The predicted molar refractivity (Wildman–Crippen MR) is 91.2 cm³/mol. The SMILES string of the molecule is Cc1cc(C(=O)Nc2ccc(-c3ccno3)cc2)c2c(C)noc2n1. The molecule has 25 heavy (non-hydrogen) atoms. The van der Waals surface area contributed by atoms with E-state index in [9.17, 15) is 4.79 Å². The van der Waals surface area contributed by atoms with Crippen molar-refractivity contribution in [1.29, 1.82) is 0 Å². The number of pyridine rings is 1. The Hall–Kier alpha value is -3.48. The molecule has 3 aromatic heterocycles. The quantitative estimate of drug-likeness (QED) is 0.613. The van der Waals surface area contributed by atoms with Gasteiger partial charge in [0.15, 0.2) is 5.76 Å². The molecular weight excluding hydrogens is 320 g/mol. The molecule has 124 valence electrons. The number of carbonyl (C=O) groups is 1. The van der Waals surface area contributed by atoms with Gasteiger partial charge in [0.1, 0.15) is 0 Å². The number of benzene rings is 1. The molecule has 0 fully saturated rings. The van der Waals surface area contributed by atoms with Gasteiger partial charge in [-0.2, -0.15) is 0 Å². The van der Waals surface area contributed by atoms with Gasteiger partial charge in [-0.3, -0.25) is 4.79 Å². The van der Waals surface area contributed by atoms with Crippen LogP contribution in [0.2, 0.25) is 0 Å². The minimum absolute atomic E-state index is 0.241. The lowest BCUT2D eigenvalue weighted by atomic mass is 10.1. The molecule has 0 saturated heterocycles. The summed E-state index contributed by atoms with van der Waals surface area (Å²) in [6.07, 6.45) is 1.59. The van der Waals surface area contributed by atoms with E-state index in [1.807, 2.05) is 24.3 Å². The fraction of sp³-hybridized carbons (Fsp3) is 0.111. The van der Waals surface area contributed by atoms with Crippen LogP contribution in [0.15, 0.2) is 51.6 Å². The van der Waals surface area contributed by atoms with Gasteiger partial charge in [-0.05, 0) is 44.2 Å². The van der Waals surface area contributed by atoms with E-state index in [2.05, 4.69) is 20.6 Å². The van der Waals surface area contributed by atoms with Crippen molar-refractivity contribution in [2.45, 2.75) is 13.8 Å². The van der Waals surface area contributed by atoms with E-state index < -0.39 is 0 Å². The number of fused-ring (bicyclic) bond motifs is 1. The fourth-order valence-electron chi connectivity index (χ4n) is 2.68. The molecule has 1 amide bonds. The topological polar surface area (TPSA) is 94.1 Å². The van der Waals surface area contributed by atoms with Crippen LogP contribution in [0.1, 0.15) is 21.7 Å².